The number of primary amides is 1. The first-order valence-electron chi connectivity index (χ1n) is 4.00. The lowest BCUT2D eigenvalue weighted by atomic mass is 10.4. The standard InChI is InChI=1S/C7H6.C2H2F3NOS/c1-2-4-7-5-6(7)3-1;3-2(4,5)8-1(6)7/h1-4H,5H2;(H2,6,7). The van der Waals surface area contributed by atoms with Crippen LogP contribution < -0.4 is 5.73 Å². The Balaban J connectivity index is 0.000000150. The van der Waals surface area contributed by atoms with Crippen LogP contribution in [0.5, 0.6) is 0 Å². The van der Waals surface area contributed by atoms with Gasteiger partial charge in [-0.25, -0.2) is 0 Å². The monoisotopic (exact) mass is 235 g/mol. The van der Waals surface area contributed by atoms with Crippen molar-refractivity contribution < 1.29 is 18.0 Å². The lowest BCUT2D eigenvalue weighted by Crippen LogP contribution is -2.11. The van der Waals surface area contributed by atoms with E-state index in [0.717, 1.165) is 0 Å². The summed E-state index contributed by atoms with van der Waals surface area (Å²) < 4.78 is 32.9. The summed E-state index contributed by atoms with van der Waals surface area (Å²) in [5.74, 6) is 0. The summed E-state index contributed by atoms with van der Waals surface area (Å²) in [6.07, 6.45) is 1.24. The number of carbonyl (C=O) groups excluding carboxylic acids is 1. The van der Waals surface area contributed by atoms with Gasteiger partial charge in [0.25, 0.3) is 5.24 Å². The van der Waals surface area contributed by atoms with Crippen molar-refractivity contribution in [3.05, 3.63) is 35.4 Å². The number of alkyl halides is 3. The Bertz CT molecular complexity index is 344. The van der Waals surface area contributed by atoms with Crippen molar-refractivity contribution in [2.45, 2.75) is 11.9 Å². The second-order valence-corrected chi connectivity index (χ2v) is 3.88. The lowest BCUT2D eigenvalue weighted by molar-refractivity contribution is -0.0319. The van der Waals surface area contributed by atoms with Crippen LogP contribution >= 0.6 is 11.8 Å². The summed E-state index contributed by atoms with van der Waals surface area (Å²) in [6, 6.07) is 8.53. The SMILES string of the molecule is NC(=O)SC(F)(F)F.c1ccc2c(c1)C2. The van der Waals surface area contributed by atoms with Crippen LogP contribution in [0.25, 0.3) is 0 Å². The molecule has 1 aliphatic carbocycles. The van der Waals surface area contributed by atoms with Crippen molar-refractivity contribution in [1.29, 1.82) is 0 Å². The minimum atomic E-state index is -4.54. The molecular formula is C9H8F3NOS. The van der Waals surface area contributed by atoms with Gasteiger partial charge in [0.1, 0.15) is 0 Å². The van der Waals surface area contributed by atoms with Crippen LogP contribution in [0.4, 0.5) is 18.0 Å². The van der Waals surface area contributed by atoms with Crippen molar-refractivity contribution in [3.63, 3.8) is 0 Å². The number of amides is 1. The van der Waals surface area contributed by atoms with Crippen molar-refractivity contribution in [2.75, 3.05) is 0 Å². The Hall–Kier alpha value is -1.17. The van der Waals surface area contributed by atoms with E-state index in [9.17, 15) is 18.0 Å². The van der Waals surface area contributed by atoms with Crippen LogP contribution in [0.3, 0.4) is 0 Å². The zero-order valence-corrected chi connectivity index (χ0v) is 8.36. The third-order valence-electron chi connectivity index (χ3n) is 1.59. The minimum Gasteiger partial charge on any atom is -0.360 e. The van der Waals surface area contributed by atoms with Gasteiger partial charge in [-0.05, 0) is 17.5 Å². The predicted octanol–water partition coefficient (Wildman–Crippen LogP) is 2.91. The molecule has 1 aromatic rings. The fourth-order valence-electron chi connectivity index (χ4n) is 0.950. The van der Waals surface area contributed by atoms with E-state index >= 15 is 0 Å². The predicted molar refractivity (Wildman–Crippen MR) is 52.5 cm³/mol. The number of carbonyl (C=O) groups is 1. The molecule has 6 heteroatoms. The summed E-state index contributed by atoms with van der Waals surface area (Å²) in [7, 11) is 0. The van der Waals surface area contributed by atoms with E-state index in [1.54, 1.807) is 0 Å². The molecule has 0 spiro atoms. The van der Waals surface area contributed by atoms with Crippen molar-refractivity contribution >= 4 is 17.0 Å². The molecule has 15 heavy (non-hydrogen) atoms. The van der Waals surface area contributed by atoms with Gasteiger partial charge in [-0.2, -0.15) is 13.2 Å². The maximum atomic E-state index is 11.0. The number of benzene rings is 1. The molecule has 82 valence electrons. The summed E-state index contributed by atoms with van der Waals surface area (Å²) in [5, 5.41) is -1.43. The molecular weight excluding hydrogens is 227 g/mol. The van der Waals surface area contributed by atoms with Crippen molar-refractivity contribution in [2.24, 2.45) is 5.73 Å². The maximum absolute atomic E-state index is 11.0. The van der Waals surface area contributed by atoms with Crippen LogP contribution in [-0.2, 0) is 6.42 Å². The Labute approximate surface area is 88.6 Å². The Morgan fingerprint density at radius 1 is 1.27 bits per heavy atom. The topological polar surface area (TPSA) is 43.1 Å². The van der Waals surface area contributed by atoms with Crippen LogP contribution in [0, 0.1) is 0 Å². The maximum Gasteiger partial charge on any atom is 0.450 e. The van der Waals surface area contributed by atoms with Gasteiger partial charge in [-0.15, -0.1) is 0 Å². The molecule has 0 fully saturated rings. The summed E-state index contributed by atoms with van der Waals surface area (Å²) >= 11 is -0.850. The van der Waals surface area contributed by atoms with E-state index < -0.39 is 22.5 Å². The molecule has 0 atom stereocenters. The zero-order chi connectivity index (χ0) is 11.5. The molecule has 0 aromatic heterocycles. The van der Waals surface area contributed by atoms with Crippen molar-refractivity contribution in [1.82, 2.24) is 0 Å². The molecule has 0 radical (unpaired) electrons. The normalized spacial score (nSPS) is 12.2. The first-order chi connectivity index (χ1) is 6.88. The fourth-order valence-corrected chi connectivity index (χ4v) is 1.18. The van der Waals surface area contributed by atoms with Crippen LogP contribution in [0.15, 0.2) is 24.3 Å². The first-order valence-corrected chi connectivity index (χ1v) is 4.82. The summed E-state index contributed by atoms with van der Waals surface area (Å²) in [6.45, 7) is 0. The van der Waals surface area contributed by atoms with Crippen LogP contribution in [0.1, 0.15) is 11.1 Å². The number of rotatable bonds is 0. The first kappa shape index (κ1) is 11.9. The minimum absolute atomic E-state index is 0.850. The fraction of sp³-hybridized carbons (Fsp3) is 0.222. The molecule has 0 unspecified atom stereocenters. The highest BCUT2D eigenvalue weighted by Gasteiger charge is 2.31. The van der Waals surface area contributed by atoms with Crippen molar-refractivity contribution in [3.8, 4) is 0 Å². The summed E-state index contributed by atoms with van der Waals surface area (Å²) in [4.78, 5) is 9.48. The molecule has 0 aliphatic heterocycles. The Kier molecular flexibility index (Phi) is 3.62. The van der Waals surface area contributed by atoms with Gasteiger partial charge >= 0.3 is 5.51 Å². The zero-order valence-electron chi connectivity index (χ0n) is 7.54. The lowest BCUT2D eigenvalue weighted by Gasteiger charge is -1.98. The molecule has 2 N–H and O–H groups in total. The van der Waals surface area contributed by atoms with Crippen LogP contribution in [-0.4, -0.2) is 10.7 Å². The number of fused-ring (bicyclic) bond motifs is 1. The quantitative estimate of drug-likeness (QED) is 0.762. The second kappa shape index (κ2) is 4.57. The molecule has 2 nitrogen and oxygen atoms in total. The third kappa shape index (κ3) is 5.31. The highest BCUT2D eigenvalue weighted by Crippen LogP contribution is 2.29. The molecule has 0 heterocycles. The average Bonchev–Trinajstić information content (AvgIpc) is 2.77. The number of halogens is 3. The smallest absolute Gasteiger partial charge is 0.360 e. The third-order valence-corrected chi connectivity index (χ3v) is 2.02. The molecule has 0 saturated carbocycles. The molecule has 0 saturated heterocycles. The van der Waals surface area contributed by atoms with E-state index in [4.69, 9.17) is 0 Å². The Morgan fingerprint density at radius 2 is 1.73 bits per heavy atom. The largest absolute Gasteiger partial charge is 0.450 e. The van der Waals surface area contributed by atoms with E-state index in [2.05, 4.69) is 30.0 Å². The van der Waals surface area contributed by atoms with Gasteiger partial charge in [0.15, 0.2) is 0 Å². The molecule has 1 amide bonds. The molecule has 2 rings (SSSR count). The van der Waals surface area contributed by atoms with E-state index in [1.165, 1.54) is 17.5 Å². The summed E-state index contributed by atoms with van der Waals surface area (Å²) in [5.41, 5.74) is 2.71. The van der Waals surface area contributed by atoms with Gasteiger partial charge < -0.3 is 5.73 Å². The number of nitrogens with two attached hydrogens (primary N) is 1. The van der Waals surface area contributed by atoms with E-state index in [1.807, 2.05) is 0 Å². The van der Waals surface area contributed by atoms with E-state index in [0.29, 0.717) is 0 Å². The molecule has 1 aliphatic rings. The number of thioether (sulfide) groups is 1. The van der Waals surface area contributed by atoms with Gasteiger partial charge in [-0.3, -0.25) is 4.79 Å². The van der Waals surface area contributed by atoms with Crippen LogP contribution in [0.2, 0.25) is 0 Å². The van der Waals surface area contributed by atoms with Gasteiger partial charge in [0.2, 0.25) is 0 Å². The van der Waals surface area contributed by atoms with Gasteiger partial charge in [-0.1, -0.05) is 24.3 Å². The highest BCUT2D eigenvalue weighted by molar-refractivity contribution is 8.14. The molecule has 1 aromatic carbocycles. The number of hydrogen-bond donors (Lipinski definition) is 1. The molecule has 0 bridgehead atoms. The average molecular weight is 235 g/mol. The van der Waals surface area contributed by atoms with Gasteiger partial charge in [0, 0.05) is 11.8 Å². The number of hydrogen-bond acceptors (Lipinski definition) is 2. The Morgan fingerprint density at radius 3 is 1.93 bits per heavy atom. The van der Waals surface area contributed by atoms with E-state index in [-0.39, 0.29) is 0 Å². The highest BCUT2D eigenvalue weighted by atomic mass is 32.2. The van der Waals surface area contributed by atoms with Gasteiger partial charge in [0.05, 0.1) is 0 Å². The second-order valence-electron chi connectivity index (χ2n) is 2.81.